The van der Waals surface area contributed by atoms with E-state index in [-0.39, 0.29) is 0 Å². The highest BCUT2D eigenvalue weighted by molar-refractivity contribution is 7.78. The lowest BCUT2D eigenvalue weighted by atomic mass is 10.2. The summed E-state index contributed by atoms with van der Waals surface area (Å²) in [5, 5.41) is 3.06. The zero-order valence-corrected chi connectivity index (χ0v) is 15.9. The van der Waals surface area contributed by atoms with E-state index in [0.717, 1.165) is 13.1 Å². The maximum Gasteiger partial charge on any atom is 0.0617 e. The molecule has 1 aromatic rings. The Balaban J connectivity index is 2.29. The quantitative estimate of drug-likeness (QED) is 0.432. The van der Waals surface area contributed by atoms with Crippen molar-refractivity contribution in [3.05, 3.63) is 29.8 Å². The van der Waals surface area contributed by atoms with Gasteiger partial charge in [0.05, 0.1) is 5.49 Å². The lowest BCUT2D eigenvalue weighted by Gasteiger charge is -2.23. The highest BCUT2D eigenvalue weighted by Crippen LogP contribution is 2.14. The number of nitrogens with zero attached hydrogens (tertiary/aromatic N) is 2. The van der Waals surface area contributed by atoms with Gasteiger partial charge in [-0.15, -0.1) is 0 Å². The molecule has 0 aliphatic carbocycles. The van der Waals surface area contributed by atoms with Gasteiger partial charge in [-0.1, -0.05) is 38.2 Å². The summed E-state index contributed by atoms with van der Waals surface area (Å²) in [5.74, 6) is 0. The third-order valence-electron chi connectivity index (χ3n) is 4.06. The fourth-order valence-electron chi connectivity index (χ4n) is 2.81. The molecule has 23 heavy (non-hydrogen) atoms. The molecule has 0 unspecified atom stereocenters. The van der Waals surface area contributed by atoms with Gasteiger partial charge in [0.15, 0.2) is 0 Å². The van der Waals surface area contributed by atoms with Gasteiger partial charge in [-0.3, -0.25) is 0 Å². The van der Waals surface area contributed by atoms with Crippen molar-refractivity contribution in [3.63, 3.8) is 0 Å². The summed E-state index contributed by atoms with van der Waals surface area (Å²) in [6.07, 6.45) is 5.03. The minimum absolute atomic E-state index is 0.804. The van der Waals surface area contributed by atoms with E-state index in [2.05, 4.69) is 60.3 Å². The molecule has 0 fully saturated rings. The summed E-state index contributed by atoms with van der Waals surface area (Å²) in [7, 11) is 2.18. The van der Waals surface area contributed by atoms with E-state index in [1.807, 2.05) is 0 Å². The molecule has 3 nitrogen and oxygen atoms in total. The average molecular weight is 336 g/mol. The number of nitrogens with one attached hydrogen (secondary N) is 1. The lowest BCUT2D eigenvalue weighted by Crippen LogP contribution is -2.27. The Morgan fingerprint density at radius 3 is 2.13 bits per heavy atom. The second kappa shape index (κ2) is 12.3. The molecular weight excluding hydrogens is 302 g/mol. The van der Waals surface area contributed by atoms with E-state index in [4.69, 9.17) is 12.2 Å². The fraction of sp³-hybridized carbons (Fsp3) is 0.632. The van der Waals surface area contributed by atoms with Crippen LogP contribution in [0.15, 0.2) is 24.3 Å². The van der Waals surface area contributed by atoms with Crippen LogP contribution in [0.1, 0.15) is 45.1 Å². The van der Waals surface area contributed by atoms with Gasteiger partial charge in [0.1, 0.15) is 0 Å². The molecule has 130 valence electrons. The predicted octanol–water partition coefficient (Wildman–Crippen LogP) is 4.07. The van der Waals surface area contributed by atoms with E-state index < -0.39 is 0 Å². The number of thiocarbonyl (C=S) groups is 1. The molecular formula is C19H33N3S. The first-order valence-electron chi connectivity index (χ1n) is 8.90. The van der Waals surface area contributed by atoms with Crippen LogP contribution in [0.5, 0.6) is 0 Å². The van der Waals surface area contributed by atoms with Crippen molar-refractivity contribution in [2.45, 2.75) is 46.1 Å². The Kier molecular flexibility index (Phi) is 10.7. The van der Waals surface area contributed by atoms with Crippen molar-refractivity contribution in [3.8, 4) is 0 Å². The molecule has 0 radical (unpaired) electrons. The van der Waals surface area contributed by atoms with Crippen molar-refractivity contribution in [2.75, 3.05) is 38.1 Å². The maximum absolute atomic E-state index is 4.78. The molecule has 0 spiro atoms. The minimum Gasteiger partial charge on any atom is -0.378 e. The molecule has 0 bridgehead atoms. The Labute approximate surface area is 148 Å². The van der Waals surface area contributed by atoms with Crippen molar-refractivity contribution in [1.29, 1.82) is 0 Å². The topological polar surface area (TPSA) is 18.5 Å². The number of unbranched alkanes of at least 4 members (excludes halogenated alkanes) is 1. The van der Waals surface area contributed by atoms with E-state index in [1.54, 1.807) is 5.49 Å². The van der Waals surface area contributed by atoms with Crippen molar-refractivity contribution in [2.24, 2.45) is 0 Å². The molecule has 0 heterocycles. The Bertz CT molecular complexity index is 413. The molecule has 0 atom stereocenters. The summed E-state index contributed by atoms with van der Waals surface area (Å²) >= 11 is 4.78. The largest absolute Gasteiger partial charge is 0.378 e. The third kappa shape index (κ3) is 8.33. The molecule has 1 rings (SSSR count). The van der Waals surface area contributed by atoms with Crippen LogP contribution in [0.2, 0.25) is 0 Å². The maximum atomic E-state index is 4.78. The van der Waals surface area contributed by atoms with Gasteiger partial charge in [-0.2, -0.15) is 0 Å². The van der Waals surface area contributed by atoms with Gasteiger partial charge in [-0.05, 0) is 63.0 Å². The zero-order chi connectivity index (χ0) is 16.9. The molecule has 0 saturated heterocycles. The third-order valence-corrected chi connectivity index (χ3v) is 4.23. The van der Waals surface area contributed by atoms with Gasteiger partial charge in [0.2, 0.25) is 0 Å². The van der Waals surface area contributed by atoms with Crippen LogP contribution >= 0.6 is 12.2 Å². The molecule has 0 aliphatic rings. The predicted molar refractivity (Wildman–Crippen MR) is 106 cm³/mol. The summed E-state index contributed by atoms with van der Waals surface area (Å²) in [5.41, 5.74) is 4.12. The first-order valence-corrected chi connectivity index (χ1v) is 9.37. The molecule has 0 aliphatic heterocycles. The average Bonchev–Trinajstić information content (AvgIpc) is 2.57. The normalized spacial score (nSPS) is 10.8. The zero-order valence-electron chi connectivity index (χ0n) is 15.1. The molecule has 0 saturated carbocycles. The van der Waals surface area contributed by atoms with Crippen LogP contribution in [0, 0.1) is 0 Å². The van der Waals surface area contributed by atoms with Crippen molar-refractivity contribution >= 4 is 23.4 Å². The Morgan fingerprint density at radius 1 is 0.957 bits per heavy atom. The number of rotatable bonds is 13. The fourth-order valence-corrected chi connectivity index (χ4v) is 2.89. The van der Waals surface area contributed by atoms with Crippen LogP contribution in [-0.4, -0.2) is 43.6 Å². The van der Waals surface area contributed by atoms with Crippen LogP contribution in [-0.2, 0) is 6.54 Å². The molecule has 0 aromatic heterocycles. The number of benzene rings is 1. The highest BCUT2D eigenvalue weighted by Gasteiger charge is 2.04. The summed E-state index contributed by atoms with van der Waals surface area (Å²) < 4.78 is 0. The first-order chi connectivity index (χ1) is 11.2. The lowest BCUT2D eigenvalue weighted by molar-refractivity contribution is 0.269. The number of anilines is 1. The molecule has 4 heteroatoms. The van der Waals surface area contributed by atoms with Crippen LogP contribution < -0.4 is 10.2 Å². The van der Waals surface area contributed by atoms with Crippen LogP contribution in [0.4, 0.5) is 5.69 Å². The van der Waals surface area contributed by atoms with Gasteiger partial charge in [0, 0.05) is 25.8 Å². The SMILES string of the molecule is CCCN(CCC)CCCCN(C)c1ccc(CNC=S)cc1. The van der Waals surface area contributed by atoms with E-state index in [0.29, 0.717) is 0 Å². The minimum atomic E-state index is 0.804. The van der Waals surface area contributed by atoms with E-state index in [9.17, 15) is 0 Å². The van der Waals surface area contributed by atoms with Gasteiger partial charge < -0.3 is 15.1 Å². The van der Waals surface area contributed by atoms with Crippen LogP contribution in [0.25, 0.3) is 0 Å². The first kappa shape index (κ1) is 19.9. The monoisotopic (exact) mass is 335 g/mol. The van der Waals surface area contributed by atoms with Crippen molar-refractivity contribution < 1.29 is 0 Å². The molecule has 1 aromatic carbocycles. The van der Waals surface area contributed by atoms with E-state index >= 15 is 0 Å². The molecule has 1 N–H and O–H groups in total. The molecule has 0 amide bonds. The number of hydrogen-bond acceptors (Lipinski definition) is 3. The Hall–Kier alpha value is -1.13. The number of hydrogen-bond donors (Lipinski definition) is 1. The van der Waals surface area contributed by atoms with Gasteiger partial charge in [0.25, 0.3) is 0 Å². The summed E-state index contributed by atoms with van der Waals surface area (Å²) in [6.45, 7) is 10.2. The van der Waals surface area contributed by atoms with Crippen molar-refractivity contribution in [1.82, 2.24) is 10.2 Å². The van der Waals surface area contributed by atoms with Gasteiger partial charge >= 0.3 is 0 Å². The van der Waals surface area contributed by atoms with Gasteiger partial charge in [-0.25, -0.2) is 0 Å². The van der Waals surface area contributed by atoms with E-state index in [1.165, 1.54) is 56.6 Å². The summed E-state index contributed by atoms with van der Waals surface area (Å²) in [4.78, 5) is 4.94. The highest BCUT2D eigenvalue weighted by atomic mass is 32.1. The van der Waals surface area contributed by atoms with Crippen LogP contribution in [0.3, 0.4) is 0 Å². The second-order valence-corrected chi connectivity index (χ2v) is 6.37. The standard InChI is InChI=1S/C19H33N3S/c1-4-12-22(13-5-2)15-7-6-14-21(3)19-10-8-18(9-11-19)16-20-17-23/h8-11,17H,4-7,12-16H2,1-3H3,(H,20,23). The second-order valence-electron chi connectivity index (χ2n) is 6.14. The summed E-state index contributed by atoms with van der Waals surface area (Å²) in [6, 6.07) is 8.73. The smallest absolute Gasteiger partial charge is 0.0617 e. The Morgan fingerprint density at radius 2 is 1.57 bits per heavy atom.